The zero-order valence-electron chi connectivity index (χ0n) is 20.2. The Morgan fingerprint density at radius 2 is 1.48 bits per heavy atom. The van der Waals surface area contributed by atoms with Gasteiger partial charge in [-0.1, -0.05) is 65.2 Å². The normalized spacial score (nSPS) is 11.1. The van der Waals surface area contributed by atoms with Crippen molar-refractivity contribution in [3.63, 3.8) is 0 Å². The standard InChI is InChI=1S/C28H39NO4/c1-3-5-7-9-10-11-19-29-22-24-15-18-26(21-27(24)30)33-28(31)23-13-16-25(17-14-23)32-20-12-8-6-4-2/h13-18,21-22,30H,3-12,19-20H2,1-2H3. The van der Waals surface area contributed by atoms with Crippen LogP contribution in [0.15, 0.2) is 47.5 Å². The molecule has 33 heavy (non-hydrogen) atoms. The predicted molar refractivity (Wildman–Crippen MR) is 135 cm³/mol. The summed E-state index contributed by atoms with van der Waals surface area (Å²) in [4.78, 5) is 16.8. The molecule has 0 aliphatic rings. The van der Waals surface area contributed by atoms with Gasteiger partial charge in [0.25, 0.3) is 0 Å². The number of ether oxygens (including phenoxy) is 2. The summed E-state index contributed by atoms with van der Waals surface area (Å²) >= 11 is 0. The molecule has 180 valence electrons. The minimum Gasteiger partial charge on any atom is -0.507 e. The SMILES string of the molecule is CCCCCCCCN=Cc1ccc(OC(=O)c2ccc(OCCCCCC)cc2)cc1O. The van der Waals surface area contributed by atoms with Crippen molar-refractivity contribution in [2.75, 3.05) is 13.2 Å². The van der Waals surface area contributed by atoms with E-state index < -0.39 is 5.97 Å². The Kier molecular flexibility index (Phi) is 12.7. The summed E-state index contributed by atoms with van der Waals surface area (Å²) in [5.41, 5.74) is 1.04. The fourth-order valence-electron chi connectivity index (χ4n) is 3.41. The Hall–Kier alpha value is -2.82. The molecule has 0 amide bonds. The average molecular weight is 454 g/mol. The number of phenolic OH excluding ortho intramolecular Hbond substituents is 1. The lowest BCUT2D eigenvalue weighted by atomic mass is 10.1. The lowest BCUT2D eigenvalue weighted by Gasteiger charge is -2.08. The highest BCUT2D eigenvalue weighted by atomic mass is 16.5. The maximum atomic E-state index is 12.4. The van der Waals surface area contributed by atoms with E-state index in [0.29, 0.717) is 23.5 Å². The number of unbranched alkanes of at least 4 members (excludes halogenated alkanes) is 8. The highest BCUT2D eigenvalue weighted by Crippen LogP contribution is 2.24. The number of carbonyl (C=O) groups is 1. The molecule has 1 N–H and O–H groups in total. The van der Waals surface area contributed by atoms with Crippen LogP contribution < -0.4 is 9.47 Å². The minimum absolute atomic E-state index is 0.0406. The highest BCUT2D eigenvalue weighted by Gasteiger charge is 2.10. The van der Waals surface area contributed by atoms with Crippen molar-refractivity contribution < 1.29 is 19.4 Å². The number of benzene rings is 2. The number of phenols is 1. The van der Waals surface area contributed by atoms with E-state index >= 15 is 0 Å². The molecule has 0 saturated carbocycles. The van der Waals surface area contributed by atoms with Gasteiger partial charge in [0, 0.05) is 24.4 Å². The molecule has 0 atom stereocenters. The number of hydrogen-bond acceptors (Lipinski definition) is 5. The smallest absolute Gasteiger partial charge is 0.343 e. The number of hydrogen-bond donors (Lipinski definition) is 1. The fourth-order valence-corrected chi connectivity index (χ4v) is 3.41. The van der Waals surface area contributed by atoms with Crippen LogP contribution in [-0.2, 0) is 0 Å². The molecule has 0 fully saturated rings. The molecule has 0 saturated heterocycles. The topological polar surface area (TPSA) is 68.1 Å². The molecule has 0 bridgehead atoms. The van der Waals surface area contributed by atoms with Crippen LogP contribution in [0.4, 0.5) is 0 Å². The summed E-state index contributed by atoms with van der Waals surface area (Å²) in [5.74, 6) is 0.597. The molecule has 2 aromatic carbocycles. The second-order valence-electron chi connectivity index (χ2n) is 8.35. The molecule has 0 heterocycles. The molecule has 0 unspecified atom stereocenters. The van der Waals surface area contributed by atoms with Gasteiger partial charge in [-0.05, 0) is 49.2 Å². The average Bonchev–Trinajstić information content (AvgIpc) is 2.82. The third-order valence-electron chi connectivity index (χ3n) is 5.44. The number of carbonyl (C=O) groups excluding carboxylic acids is 1. The second-order valence-corrected chi connectivity index (χ2v) is 8.35. The minimum atomic E-state index is -0.478. The van der Waals surface area contributed by atoms with E-state index in [9.17, 15) is 9.90 Å². The van der Waals surface area contributed by atoms with Crippen molar-refractivity contribution in [3.05, 3.63) is 53.6 Å². The van der Waals surface area contributed by atoms with E-state index in [2.05, 4.69) is 18.8 Å². The first-order chi connectivity index (χ1) is 16.1. The molecule has 0 aromatic heterocycles. The first-order valence-electron chi connectivity index (χ1n) is 12.4. The first kappa shape index (κ1) is 26.4. The van der Waals surface area contributed by atoms with Crippen LogP contribution in [0.1, 0.15) is 94.0 Å². The van der Waals surface area contributed by atoms with Gasteiger partial charge in [0.1, 0.15) is 17.2 Å². The summed E-state index contributed by atoms with van der Waals surface area (Å²) in [6.45, 7) is 5.82. The summed E-state index contributed by atoms with van der Waals surface area (Å²) in [7, 11) is 0. The van der Waals surface area contributed by atoms with Gasteiger partial charge in [0.05, 0.1) is 12.2 Å². The highest BCUT2D eigenvalue weighted by molar-refractivity contribution is 5.91. The van der Waals surface area contributed by atoms with Gasteiger partial charge in [-0.25, -0.2) is 4.79 Å². The van der Waals surface area contributed by atoms with Crippen LogP contribution in [-0.4, -0.2) is 30.4 Å². The lowest BCUT2D eigenvalue weighted by molar-refractivity contribution is 0.0734. The van der Waals surface area contributed by atoms with Crippen LogP contribution in [0.5, 0.6) is 17.2 Å². The van der Waals surface area contributed by atoms with Crippen LogP contribution in [0.25, 0.3) is 0 Å². The van der Waals surface area contributed by atoms with Gasteiger partial charge < -0.3 is 14.6 Å². The molecule has 0 aliphatic heterocycles. The molecule has 5 nitrogen and oxygen atoms in total. The number of aliphatic imine (C=N–C) groups is 1. The number of aromatic hydroxyl groups is 1. The Labute approximate surface area is 198 Å². The van der Waals surface area contributed by atoms with E-state index in [1.807, 2.05) is 0 Å². The van der Waals surface area contributed by atoms with Crippen molar-refractivity contribution in [1.29, 1.82) is 0 Å². The summed E-state index contributed by atoms with van der Waals surface area (Å²) < 4.78 is 11.1. The van der Waals surface area contributed by atoms with Crippen molar-refractivity contribution in [3.8, 4) is 17.2 Å². The zero-order valence-corrected chi connectivity index (χ0v) is 20.2. The van der Waals surface area contributed by atoms with E-state index in [-0.39, 0.29) is 5.75 Å². The van der Waals surface area contributed by atoms with Gasteiger partial charge >= 0.3 is 5.97 Å². The molecule has 0 aliphatic carbocycles. The Balaban J connectivity index is 1.78. The molecule has 2 aromatic rings. The lowest BCUT2D eigenvalue weighted by Crippen LogP contribution is -2.08. The van der Waals surface area contributed by atoms with Crippen LogP contribution >= 0.6 is 0 Å². The first-order valence-corrected chi connectivity index (χ1v) is 12.4. The Morgan fingerprint density at radius 1 is 0.848 bits per heavy atom. The van der Waals surface area contributed by atoms with Crippen LogP contribution in [0, 0.1) is 0 Å². The maximum Gasteiger partial charge on any atom is 0.343 e. The summed E-state index contributed by atoms with van der Waals surface area (Å²) in [6, 6.07) is 11.7. The van der Waals surface area contributed by atoms with Gasteiger partial charge in [-0.15, -0.1) is 0 Å². The predicted octanol–water partition coefficient (Wildman–Crippen LogP) is 7.35. The maximum absolute atomic E-state index is 12.4. The van der Waals surface area contributed by atoms with Crippen LogP contribution in [0.3, 0.4) is 0 Å². The number of nitrogens with zero attached hydrogens (tertiary/aromatic N) is 1. The Bertz CT molecular complexity index is 845. The third-order valence-corrected chi connectivity index (χ3v) is 5.44. The second kappa shape index (κ2) is 15.9. The van der Waals surface area contributed by atoms with E-state index in [1.54, 1.807) is 42.6 Å². The molecule has 2 rings (SSSR count). The summed E-state index contributed by atoms with van der Waals surface area (Å²) in [5, 5.41) is 10.2. The fraction of sp³-hybridized carbons (Fsp3) is 0.500. The zero-order chi connectivity index (χ0) is 23.7. The molecule has 0 radical (unpaired) electrons. The van der Waals surface area contributed by atoms with Gasteiger partial charge in [-0.3, -0.25) is 4.99 Å². The number of esters is 1. The largest absolute Gasteiger partial charge is 0.507 e. The van der Waals surface area contributed by atoms with E-state index in [1.165, 1.54) is 51.0 Å². The number of rotatable bonds is 16. The molecular formula is C28H39NO4. The van der Waals surface area contributed by atoms with Crippen molar-refractivity contribution in [2.45, 2.75) is 78.1 Å². The van der Waals surface area contributed by atoms with Crippen molar-refractivity contribution in [2.24, 2.45) is 4.99 Å². The molecular weight excluding hydrogens is 414 g/mol. The van der Waals surface area contributed by atoms with E-state index in [0.717, 1.165) is 31.6 Å². The molecule has 0 spiro atoms. The monoisotopic (exact) mass is 453 g/mol. The molecule has 5 heteroatoms. The van der Waals surface area contributed by atoms with Gasteiger partial charge in [-0.2, -0.15) is 0 Å². The summed E-state index contributed by atoms with van der Waals surface area (Å²) in [6.07, 6.45) is 13.6. The van der Waals surface area contributed by atoms with Crippen LogP contribution in [0.2, 0.25) is 0 Å². The Morgan fingerprint density at radius 3 is 2.18 bits per heavy atom. The van der Waals surface area contributed by atoms with Gasteiger partial charge in [0.2, 0.25) is 0 Å². The van der Waals surface area contributed by atoms with E-state index in [4.69, 9.17) is 9.47 Å². The third kappa shape index (κ3) is 10.6. The quantitative estimate of drug-likeness (QED) is 0.125. The van der Waals surface area contributed by atoms with Gasteiger partial charge in [0.15, 0.2) is 0 Å². The van der Waals surface area contributed by atoms with Crippen molar-refractivity contribution >= 4 is 12.2 Å². The van der Waals surface area contributed by atoms with Crippen molar-refractivity contribution in [1.82, 2.24) is 0 Å².